The van der Waals surface area contributed by atoms with Gasteiger partial charge in [0.15, 0.2) is 10.9 Å². The van der Waals surface area contributed by atoms with Crippen LogP contribution < -0.4 is 10.0 Å². The van der Waals surface area contributed by atoms with E-state index >= 15 is 0 Å². The first-order chi connectivity index (χ1) is 18.4. The summed E-state index contributed by atoms with van der Waals surface area (Å²) < 4.78 is 72.3. The van der Waals surface area contributed by atoms with Gasteiger partial charge in [-0.05, 0) is 65.5 Å². The Morgan fingerprint density at radius 2 is 1.95 bits per heavy atom. The maximum Gasteiger partial charge on any atom is 0.516 e. The van der Waals surface area contributed by atoms with Gasteiger partial charge in [-0.1, -0.05) is 29.8 Å². The van der Waals surface area contributed by atoms with Crippen molar-refractivity contribution in [2.45, 2.75) is 37.7 Å². The maximum absolute atomic E-state index is 13.0. The van der Waals surface area contributed by atoms with E-state index in [4.69, 9.17) is 16.0 Å². The minimum Gasteiger partial charge on any atom is -0.455 e. The maximum atomic E-state index is 13.0. The smallest absolute Gasteiger partial charge is 0.455 e. The van der Waals surface area contributed by atoms with Crippen LogP contribution in [0.1, 0.15) is 47.6 Å². The SMILES string of the molecule is CCNC(=O)c1c(Cl)nc(C2CC2)n1Cc1ccc2oc(-c3ccccc3NS(=O)(=O)C(F)(F)F)c(Br)c2c1. The molecule has 0 atom stereocenters. The van der Waals surface area contributed by atoms with Gasteiger partial charge in [-0.2, -0.15) is 21.6 Å². The lowest BCUT2D eigenvalue weighted by atomic mass is 10.1. The average Bonchev–Trinajstić information content (AvgIpc) is 3.59. The van der Waals surface area contributed by atoms with Crippen LogP contribution in [0.2, 0.25) is 5.15 Å². The van der Waals surface area contributed by atoms with Crippen LogP contribution in [0, 0.1) is 0 Å². The van der Waals surface area contributed by atoms with Crippen molar-refractivity contribution in [3.63, 3.8) is 0 Å². The molecule has 1 fully saturated rings. The number of aromatic nitrogens is 2. The van der Waals surface area contributed by atoms with Crippen molar-refractivity contribution in [1.82, 2.24) is 14.9 Å². The number of benzene rings is 2. The van der Waals surface area contributed by atoms with E-state index in [9.17, 15) is 26.4 Å². The number of rotatable bonds is 8. The lowest BCUT2D eigenvalue weighted by Gasteiger charge is -2.13. The third-order valence-electron chi connectivity index (χ3n) is 6.20. The van der Waals surface area contributed by atoms with Gasteiger partial charge in [-0.15, -0.1) is 0 Å². The topological polar surface area (TPSA) is 106 Å². The highest BCUT2D eigenvalue weighted by atomic mass is 79.9. The second-order valence-electron chi connectivity index (χ2n) is 9.00. The molecule has 2 heterocycles. The predicted molar refractivity (Wildman–Crippen MR) is 144 cm³/mol. The van der Waals surface area contributed by atoms with Crippen LogP contribution in [-0.2, 0) is 16.6 Å². The fraction of sp³-hybridized carbons (Fsp3) is 0.280. The summed E-state index contributed by atoms with van der Waals surface area (Å²) in [6.45, 7) is 2.53. The molecule has 0 unspecified atom stereocenters. The predicted octanol–water partition coefficient (Wildman–Crippen LogP) is 6.65. The minimum atomic E-state index is -5.64. The lowest BCUT2D eigenvalue weighted by molar-refractivity contribution is -0.0429. The van der Waals surface area contributed by atoms with Crippen LogP contribution in [0.15, 0.2) is 51.4 Å². The standard InChI is InChI=1S/C25H21BrClF3N4O4S/c1-2-31-24(35)20-22(27)32-23(14-8-9-14)34(20)12-13-7-10-18-16(11-13)19(26)21(38-18)15-5-3-4-6-17(15)33-39(36,37)25(28,29)30/h3-7,10-11,14,33H,2,8-9,12H2,1H3,(H,31,35). The van der Waals surface area contributed by atoms with E-state index in [1.165, 1.54) is 18.2 Å². The molecule has 39 heavy (non-hydrogen) atoms. The third kappa shape index (κ3) is 5.27. The number of fused-ring (bicyclic) bond motifs is 1. The fourth-order valence-corrected chi connectivity index (χ4v) is 5.72. The zero-order valence-corrected chi connectivity index (χ0v) is 23.4. The monoisotopic (exact) mass is 644 g/mol. The quantitative estimate of drug-likeness (QED) is 0.223. The molecule has 4 aromatic rings. The van der Waals surface area contributed by atoms with Gasteiger partial charge in [0.25, 0.3) is 5.91 Å². The highest BCUT2D eigenvalue weighted by Gasteiger charge is 2.46. The molecule has 206 valence electrons. The number of carbonyl (C=O) groups excluding carboxylic acids is 1. The third-order valence-corrected chi connectivity index (χ3v) is 8.35. The summed E-state index contributed by atoms with van der Waals surface area (Å²) in [4.78, 5) is 17.2. The average molecular weight is 646 g/mol. The number of sulfonamides is 1. The van der Waals surface area contributed by atoms with Crippen LogP contribution in [0.25, 0.3) is 22.3 Å². The molecule has 0 aliphatic heterocycles. The summed E-state index contributed by atoms with van der Waals surface area (Å²) in [5.41, 5.74) is -4.16. The zero-order chi connectivity index (χ0) is 28.1. The van der Waals surface area contributed by atoms with Gasteiger partial charge < -0.3 is 14.3 Å². The Hall–Kier alpha value is -3.03. The van der Waals surface area contributed by atoms with Crippen LogP contribution >= 0.6 is 27.5 Å². The molecule has 14 heteroatoms. The van der Waals surface area contributed by atoms with Gasteiger partial charge >= 0.3 is 15.5 Å². The zero-order valence-electron chi connectivity index (χ0n) is 20.3. The molecule has 5 rings (SSSR count). The first-order valence-corrected chi connectivity index (χ1v) is 14.5. The lowest BCUT2D eigenvalue weighted by Crippen LogP contribution is -2.30. The number of carbonyl (C=O) groups is 1. The molecule has 1 aliphatic carbocycles. The van der Waals surface area contributed by atoms with E-state index in [2.05, 4.69) is 26.2 Å². The Morgan fingerprint density at radius 1 is 1.23 bits per heavy atom. The summed E-state index contributed by atoms with van der Waals surface area (Å²) >= 11 is 9.84. The molecule has 0 spiro atoms. The highest BCUT2D eigenvalue weighted by molar-refractivity contribution is 9.10. The van der Waals surface area contributed by atoms with Crippen molar-refractivity contribution in [2.24, 2.45) is 0 Å². The van der Waals surface area contributed by atoms with Crippen molar-refractivity contribution >= 4 is 60.1 Å². The Kier molecular flexibility index (Phi) is 7.18. The second-order valence-corrected chi connectivity index (χ2v) is 11.8. The molecule has 0 saturated heterocycles. The van der Waals surface area contributed by atoms with Crippen molar-refractivity contribution in [3.05, 3.63) is 69.2 Å². The molecule has 0 radical (unpaired) electrons. The highest BCUT2D eigenvalue weighted by Crippen LogP contribution is 2.43. The van der Waals surface area contributed by atoms with Gasteiger partial charge in [0.05, 0.1) is 10.2 Å². The number of hydrogen-bond acceptors (Lipinski definition) is 5. The van der Waals surface area contributed by atoms with E-state index in [0.29, 0.717) is 28.5 Å². The Bertz CT molecular complexity index is 1700. The molecule has 1 saturated carbocycles. The minimum absolute atomic E-state index is 0.117. The van der Waals surface area contributed by atoms with Crippen molar-refractivity contribution in [3.8, 4) is 11.3 Å². The number of furan rings is 1. The number of nitrogens with one attached hydrogen (secondary N) is 2. The van der Waals surface area contributed by atoms with Crippen molar-refractivity contribution in [2.75, 3.05) is 11.3 Å². The van der Waals surface area contributed by atoms with Crippen molar-refractivity contribution < 1.29 is 30.8 Å². The van der Waals surface area contributed by atoms with Gasteiger partial charge in [-0.25, -0.2) is 4.98 Å². The molecule has 0 bridgehead atoms. The van der Waals surface area contributed by atoms with Crippen LogP contribution in [0.5, 0.6) is 0 Å². The molecule has 2 N–H and O–H groups in total. The number of nitrogens with zero attached hydrogens (tertiary/aromatic N) is 2. The first-order valence-electron chi connectivity index (χ1n) is 11.8. The van der Waals surface area contributed by atoms with E-state index in [-0.39, 0.29) is 39.7 Å². The second kappa shape index (κ2) is 10.2. The van der Waals surface area contributed by atoms with Gasteiger partial charge in [-0.3, -0.25) is 9.52 Å². The Balaban J connectivity index is 1.54. The van der Waals surface area contributed by atoms with Crippen LogP contribution in [-0.4, -0.2) is 35.9 Å². The number of amides is 1. The first kappa shape index (κ1) is 27.5. The number of anilines is 1. The van der Waals surface area contributed by atoms with E-state index in [1.54, 1.807) is 22.9 Å². The number of imidazole rings is 1. The number of para-hydroxylation sites is 1. The van der Waals surface area contributed by atoms with E-state index in [1.807, 2.05) is 17.6 Å². The van der Waals surface area contributed by atoms with Crippen molar-refractivity contribution in [1.29, 1.82) is 0 Å². The molecule has 1 aliphatic rings. The molecular weight excluding hydrogens is 625 g/mol. The Labute approximate surface area is 234 Å². The molecule has 8 nitrogen and oxygen atoms in total. The van der Waals surface area contributed by atoms with Gasteiger partial charge in [0, 0.05) is 30.0 Å². The summed E-state index contributed by atoms with van der Waals surface area (Å²) in [6.07, 6.45) is 1.91. The summed E-state index contributed by atoms with van der Waals surface area (Å²) in [6, 6.07) is 10.9. The van der Waals surface area contributed by atoms with Gasteiger partial charge in [0.1, 0.15) is 17.1 Å². The molecule has 2 aromatic carbocycles. The molecule has 2 aromatic heterocycles. The molecular formula is C25H21BrClF3N4O4S. The Morgan fingerprint density at radius 3 is 2.62 bits per heavy atom. The molecule has 1 amide bonds. The normalized spacial score (nSPS) is 14.1. The summed E-state index contributed by atoms with van der Waals surface area (Å²) in [7, 11) is -5.64. The van der Waals surface area contributed by atoms with Gasteiger partial charge in [0.2, 0.25) is 0 Å². The number of alkyl halides is 3. The van der Waals surface area contributed by atoms with Crippen LogP contribution in [0.4, 0.5) is 18.9 Å². The van der Waals surface area contributed by atoms with E-state index < -0.39 is 15.5 Å². The largest absolute Gasteiger partial charge is 0.516 e. The number of halogens is 5. The van der Waals surface area contributed by atoms with Crippen LogP contribution in [0.3, 0.4) is 0 Å². The number of hydrogen-bond donors (Lipinski definition) is 2. The fourth-order valence-electron chi connectivity index (χ4n) is 4.26. The summed E-state index contributed by atoms with van der Waals surface area (Å²) in [5.74, 6) is 0.778. The summed E-state index contributed by atoms with van der Waals surface area (Å²) in [5, 5.41) is 3.51. The van der Waals surface area contributed by atoms with E-state index in [0.717, 1.165) is 24.2 Å².